The molecule has 2 bridgehead atoms. The van der Waals surface area contributed by atoms with Crippen LogP contribution in [0.5, 0.6) is 0 Å². The molecule has 0 nitrogen and oxygen atoms in total. The highest BCUT2D eigenvalue weighted by atomic mass is 14.3. The molecule has 0 amide bonds. The molecule has 0 N–H and O–H groups in total. The number of rotatable bonds is 0. The molecule has 0 aromatic heterocycles. The molecule has 0 spiro atoms. The maximum absolute atomic E-state index is 4.17. The van der Waals surface area contributed by atoms with E-state index in [4.69, 9.17) is 0 Å². The Kier molecular flexibility index (Phi) is 2.53. The average Bonchev–Trinajstić information content (AvgIpc) is 2.00. The van der Waals surface area contributed by atoms with Gasteiger partial charge < -0.3 is 0 Å². The first-order valence-electron chi connectivity index (χ1n) is 5.51. The van der Waals surface area contributed by atoms with E-state index in [1.54, 1.807) is 0 Å². The summed E-state index contributed by atoms with van der Waals surface area (Å²) in [7, 11) is 0. The number of hydrogen-bond acceptors (Lipinski definition) is 0. The zero-order valence-corrected chi connectivity index (χ0v) is 8.02. The summed E-state index contributed by atoms with van der Waals surface area (Å²) in [6.45, 7) is 4.17. The molecule has 0 aliphatic heterocycles. The third kappa shape index (κ3) is 1.91. The minimum absolute atomic E-state index is 1.01. The van der Waals surface area contributed by atoms with Gasteiger partial charge in [0, 0.05) is 0 Å². The number of fused-ring (bicyclic) bond motifs is 2. The molecule has 0 unspecified atom stereocenters. The molecular weight excluding hydrogens is 144 g/mol. The van der Waals surface area contributed by atoms with Gasteiger partial charge in [-0.1, -0.05) is 44.3 Å². The molecule has 2 rings (SSSR count). The molecule has 68 valence electrons. The highest BCUT2D eigenvalue weighted by molar-refractivity contribution is 5.02. The van der Waals surface area contributed by atoms with Gasteiger partial charge in [0.25, 0.3) is 0 Å². The predicted octanol–water partition coefficient (Wildman–Crippen LogP) is 3.92. The Morgan fingerprint density at radius 1 is 0.917 bits per heavy atom. The zero-order chi connectivity index (χ0) is 8.39. The van der Waals surface area contributed by atoms with Crippen LogP contribution in [0.2, 0.25) is 0 Å². The molecule has 0 aromatic carbocycles. The molecule has 0 heterocycles. The summed E-state index contributed by atoms with van der Waals surface area (Å²) >= 11 is 0. The second-order valence-electron chi connectivity index (χ2n) is 4.76. The highest BCUT2D eigenvalue weighted by Gasteiger charge is 2.24. The second kappa shape index (κ2) is 3.64. The normalized spacial score (nSPS) is 37.2. The van der Waals surface area contributed by atoms with Crippen molar-refractivity contribution < 1.29 is 0 Å². The maximum Gasteiger partial charge on any atom is -0.0294 e. The van der Waals surface area contributed by atoms with Crippen LogP contribution in [0.1, 0.15) is 51.4 Å². The van der Waals surface area contributed by atoms with Crippen LogP contribution in [0.4, 0.5) is 0 Å². The van der Waals surface area contributed by atoms with Crippen molar-refractivity contribution in [3.63, 3.8) is 0 Å². The summed E-state index contributed by atoms with van der Waals surface area (Å²) < 4.78 is 0. The van der Waals surface area contributed by atoms with Crippen molar-refractivity contribution in [2.75, 3.05) is 0 Å². The Bertz CT molecular complexity index is 153. The Balaban J connectivity index is 1.98. The van der Waals surface area contributed by atoms with Crippen molar-refractivity contribution in [1.82, 2.24) is 0 Å². The second-order valence-corrected chi connectivity index (χ2v) is 4.76. The molecule has 2 fully saturated rings. The van der Waals surface area contributed by atoms with Gasteiger partial charge in [0.15, 0.2) is 0 Å². The van der Waals surface area contributed by atoms with Crippen LogP contribution in [-0.4, -0.2) is 0 Å². The van der Waals surface area contributed by atoms with E-state index in [-0.39, 0.29) is 0 Å². The van der Waals surface area contributed by atoms with E-state index in [2.05, 4.69) is 6.58 Å². The van der Waals surface area contributed by atoms with Crippen molar-refractivity contribution in [1.29, 1.82) is 0 Å². The van der Waals surface area contributed by atoms with E-state index in [9.17, 15) is 0 Å². The van der Waals surface area contributed by atoms with Crippen molar-refractivity contribution in [2.24, 2.45) is 11.8 Å². The summed E-state index contributed by atoms with van der Waals surface area (Å²) in [5.41, 5.74) is 1.54. The van der Waals surface area contributed by atoms with Crippen LogP contribution in [0.3, 0.4) is 0 Å². The topological polar surface area (TPSA) is 0 Å². The fourth-order valence-electron chi connectivity index (χ4n) is 3.02. The summed E-state index contributed by atoms with van der Waals surface area (Å²) in [6.07, 6.45) is 11.6. The van der Waals surface area contributed by atoms with Crippen LogP contribution in [0, 0.1) is 11.8 Å². The smallest absolute Gasteiger partial charge is 0.0294 e. The summed E-state index contributed by atoms with van der Waals surface area (Å²) in [5.74, 6) is 2.02. The summed E-state index contributed by atoms with van der Waals surface area (Å²) in [5, 5.41) is 0. The standard InChI is InChI=1S/C12H20/c1-10-7-11-5-3-2-4-6-12(8-10)9-11/h11-12H,1-9H2/t11-,12+. The number of allylic oxidation sites excluding steroid dienone is 1. The molecule has 0 saturated heterocycles. The van der Waals surface area contributed by atoms with Crippen LogP contribution < -0.4 is 0 Å². The number of hydrogen-bond donors (Lipinski definition) is 0. The van der Waals surface area contributed by atoms with Gasteiger partial charge in [-0.15, -0.1) is 0 Å². The van der Waals surface area contributed by atoms with Gasteiger partial charge >= 0.3 is 0 Å². The molecule has 0 aromatic rings. The van der Waals surface area contributed by atoms with Crippen molar-refractivity contribution >= 4 is 0 Å². The van der Waals surface area contributed by atoms with E-state index >= 15 is 0 Å². The molecule has 0 radical (unpaired) electrons. The Labute approximate surface area is 76.1 Å². The summed E-state index contributed by atoms with van der Waals surface area (Å²) in [4.78, 5) is 0. The zero-order valence-electron chi connectivity index (χ0n) is 8.02. The lowest BCUT2D eigenvalue weighted by molar-refractivity contribution is 0.258. The Morgan fingerprint density at radius 2 is 1.50 bits per heavy atom. The van der Waals surface area contributed by atoms with Crippen LogP contribution in [-0.2, 0) is 0 Å². The fraction of sp³-hybridized carbons (Fsp3) is 0.833. The Hall–Kier alpha value is -0.260. The van der Waals surface area contributed by atoms with Crippen LogP contribution in [0.25, 0.3) is 0 Å². The van der Waals surface area contributed by atoms with E-state index in [0.29, 0.717) is 0 Å². The molecule has 2 saturated carbocycles. The molecule has 2 aliphatic rings. The maximum atomic E-state index is 4.17. The van der Waals surface area contributed by atoms with Gasteiger partial charge in [0.05, 0.1) is 0 Å². The van der Waals surface area contributed by atoms with E-state index in [1.807, 2.05) is 0 Å². The van der Waals surface area contributed by atoms with Gasteiger partial charge in [-0.05, 0) is 31.1 Å². The van der Waals surface area contributed by atoms with Crippen LogP contribution in [0.15, 0.2) is 12.2 Å². The third-order valence-electron chi connectivity index (χ3n) is 3.55. The monoisotopic (exact) mass is 164 g/mol. The average molecular weight is 164 g/mol. The minimum atomic E-state index is 1.01. The minimum Gasteiger partial charge on any atom is -0.0998 e. The molecule has 12 heavy (non-hydrogen) atoms. The highest BCUT2D eigenvalue weighted by Crippen LogP contribution is 2.39. The Morgan fingerprint density at radius 3 is 2.08 bits per heavy atom. The van der Waals surface area contributed by atoms with Crippen molar-refractivity contribution in [2.45, 2.75) is 51.4 Å². The molecule has 0 heteroatoms. The van der Waals surface area contributed by atoms with Crippen LogP contribution >= 0.6 is 0 Å². The van der Waals surface area contributed by atoms with Gasteiger partial charge in [-0.2, -0.15) is 0 Å². The molecular formula is C12H20. The van der Waals surface area contributed by atoms with E-state index < -0.39 is 0 Å². The quantitative estimate of drug-likeness (QED) is 0.476. The van der Waals surface area contributed by atoms with Gasteiger partial charge in [0.1, 0.15) is 0 Å². The lowest BCUT2D eigenvalue weighted by Crippen LogP contribution is -2.18. The van der Waals surface area contributed by atoms with Gasteiger partial charge in [-0.25, -0.2) is 0 Å². The first-order chi connectivity index (χ1) is 5.84. The first-order valence-corrected chi connectivity index (χ1v) is 5.51. The lowest BCUT2D eigenvalue weighted by atomic mass is 9.73. The molecule has 2 atom stereocenters. The SMILES string of the molecule is C=C1C[C@H]2CCCCC[C@@H](C1)C2. The van der Waals surface area contributed by atoms with Gasteiger partial charge in [-0.3, -0.25) is 0 Å². The van der Waals surface area contributed by atoms with Crippen molar-refractivity contribution in [3.05, 3.63) is 12.2 Å². The predicted molar refractivity (Wildman–Crippen MR) is 53.1 cm³/mol. The van der Waals surface area contributed by atoms with E-state index in [1.165, 1.54) is 56.9 Å². The third-order valence-corrected chi connectivity index (χ3v) is 3.55. The molecule has 2 aliphatic carbocycles. The van der Waals surface area contributed by atoms with Gasteiger partial charge in [0.2, 0.25) is 0 Å². The lowest BCUT2D eigenvalue weighted by Gasteiger charge is -2.32. The summed E-state index contributed by atoms with van der Waals surface area (Å²) in [6, 6.07) is 0. The first kappa shape index (κ1) is 8.34. The van der Waals surface area contributed by atoms with Crippen molar-refractivity contribution in [3.8, 4) is 0 Å². The largest absolute Gasteiger partial charge is 0.0998 e. The fourth-order valence-corrected chi connectivity index (χ4v) is 3.02. The van der Waals surface area contributed by atoms with E-state index in [0.717, 1.165) is 11.8 Å².